The van der Waals surface area contributed by atoms with Gasteiger partial charge in [-0.1, -0.05) is 252 Å². The monoisotopic (exact) mass is 1340 g/mol. The Kier molecular flexibility index (Phi) is 14.7. The number of hydrogen-bond donors (Lipinski definition) is 0. The molecule has 0 amide bonds. The maximum atomic E-state index is 7.26. The summed E-state index contributed by atoms with van der Waals surface area (Å²) in [5, 5.41) is 2.35. The summed E-state index contributed by atoms with van der Waals surface area (Å²) in [5.41, 5.74) is 21.8. The zero-order valence-corrected chi connectivity index (χ0v) is 55.3. The minimum absolute atomic E-state index is 0. The number of hydrogen-bond acceptors (Lipinski definition) is 4. The Morgan fingerprint density at radius 3 is 1.55 bits per heavy atom. The molecule has 0 bridgehead atoms. The second kappa shape index (κ2) is 22.1. The van der Waals surface area contributed by atoms with Gasteiger partial charge in [-0.2, -0.15) is 6.07 Å². The van der Waals surface area contributed by atoms with Crippen LogP contribution in [0.1, 0.15) is 128 Å². The van der Waals surface area contributed by atoms with Gasteiger partial charge in [0.05, 0.1) is 0 Å². The van der Waals surface area contributed by atoms with Gasteiger partial charge < -0.3 is 19.1 Å². The van der Waals surface area contributed by atoms with Crippen molar-refractivity contribution in [2.24, 2.45) is 0 Å². The molecular formula is C83H75N4OPt-3. The second-order valence-corrected chi connectivity index (χ2v) is 28.2. The molecule has 0 N–H and O–H groups in total. The first-order chi connectivity index (χ1) is 42.1. The van der Waals surface area contributed by atoms with Crippen molar-refractivity contribution in [3.8, 4) is 50.7 Å². The molecule has 0 saturated carbocycles. The summed E-state index contributed by atoms with van der Waals surface area (Å²) in [5.74, 6) is 2.01. The summed E-state index contributed by atoms with van der Waals surface area (Å²) in [6.45, 7) is 30.0. The Balaban J connectivity index is 0.00000729. The van der Waals surface area contributed by atoms with Gasteiger partial charge in [0.2, 0.25) is 0 Å². The zero-order chi connectivity index (χ0) is 61.1. The molecule has 2 aliphatic rings. The number of para-hydroxylation sites is 2. The van der Waals surface area contributed by atoms with Crippen LogP contribution in [0.15, 0.2) is 231 Å². The first-order valence-corrected chi connectivity index (χ1v) is 31.0. The van der Waals surface area contributed by atoms with Crippen molar-refractivity contribution in [2.75, 3.05) is 9.80 Å². The summed E-state index contributed by atoms with van der Waals surface area (Å²) < 4.78 is 9.56. The number of anilines is 4. The van der Waals surface area contributed by atoms with Crippen LogP contribution >= 0.6 is 0 Å². The van der Waals surface area contributed by atoms with Crippen LogP contribution in [0.25, 0.3) is 61.0 Å². The number of rotatable bonds is 10. The first kappa shape index (κ1) is 59.2. The average molecular weight is 1340 g/mol. The van der Waals surface area contributed by atoms with E-state index in [1.54, 1.807) is 0 Å². The van der Waals surface area contributed by atoms with Gasteiger partial charge in [-0.3, -0.25) is 0 Å². The summed E-state index contributed by atoms with van der Waals surface area (Å²) in [6, 6.07) is 90.0. The third kappa shape index (κ3) is 10.3. The molecule has 0 fully saturated rings. The van der Waals surface area contributed by atoms with Gasteiger partial charge in [0.1, 0.15) is 5.82 Å². The Labute approximate surface area is 541 Å². The molecular weight excluding hydrogens is 1260 g/mol. The van der Waals surface area contributed by atoms with E-state index in [2.05, 4.69) is 335 Å². The number of fused-ring (bicyclic) bond motifs is 1. The predicted octanol–water partition coefficient (Wildman–Crippen LogP) is 21.9. The molecule has 10 aromatic carbocycles. The van der Waals surface area contributed by atoms with E-state index in [1.807, 2.05) is 12.3 Å². The topological polar surface area (TPSA) is 33.5 Å². The maximum absolute atomic E-state index is 7.26. The third-order valence-corrected chi connectivity index (χ3v) is 18.2. The van der Waals surface area contributed by atoms with E-state index in [4.69, 9.17) is 9.72 Å². The van der Waals surface area contributed by atoms with Crippen molar-refractivity contribution in [1.82, 2.24) is 9.55 Å². The predicted molar refractivity (Wildman–Crippen MR) is 367 cm³/mol. The molecule has 0 unspecified atom stereocenters. The van der Waals surface area contributed by atoms with Crippen LogP contribution in [-0.2, 0) is 48.1 Å². The van der Waals surface area contributed by atoms with Crippen molar-refractivity contribution in [1.29, 1.82) is 0 Å². The summed E-state index contributed by atoms with van der Waals surface area (Å²) in [7, 11) is 0. The molecule has 0 radical (unpaired) electrons. The van der Waals surface area contributed by atoms with Crippen molar-refractivity contribution in [3.05, 3.63) is 294 Å². The van der Waals surface area contributed by atoms with Gasteiger partial charge in [-0.25, -0.2) is 4.98 Å². The van der Waals surface area contributed by atoms with Crippen molar-refractivity contribution in [2.45, 2.75) is 110 Å². The van der Waals surface area contributed by atoms with Crippen molar-refractivity contribution >= 4 is 44.6 Å². The summed E-state index contributed by atoms with van der Waals surface area (Å²) in [6.07, 6.45) is 1.94. The number of benzene rings is 10. The molecule has 6 heteroatoms. The van der Waals surface area contributed by atoms with E-state index in [1.165, 1.54) is 66.6 Å². The van der Waals surface area contributed by atoms with Gasteiger partial charge in [0, 0.05) is 77.9 Å². The Morgan fingerprint density at radius 2 is 0.944 bits per heavy atom. The minimum Gasteiger partial charge on any atom is -0.509 e. The normalized spacial score (nSPS) is 13.8. The van der Waals surface area contributed by atoms with Crippen LogP contribution in [-0.4, -0.2) is 9.55 Å². The van der Waals surface area contributed by atoms with Gasteiger partial charge >= 0.3 is 0 Å². The maximum Gasteiger partial charge on any atom is 0.135 e. The first-order valence-electron chi connectivity index (χ1n) is 31.0. The third-order valence-electron chi connectivity index (χ3n) is 18.2. The fourth-order valence-corrected chi connectivity index (χ4v) is 13.4. The molecule has 446 valence electrons. The fraction of sp³-hybridized carbons (Fsp3) is 0.205. The number of nitrogens with zero attached hydrogens (tertiary/aromatic N) is 4. The molecule has 12 aromatic rings. The van der Waals surface area contributed by atoms with E-state index in [9.17, 15) is 0 Å². The summed E-state index contributed by atoms with van der Waals surface area (Å²) in [4.78, 5) is 9.79. The van der Waals surface area contributed by atoms with Crippen LogP contribution in [0.4, 0.5) is 22.7 Å². The summed E-state index contributed by atoms with van der Waals surface area (Å²) >= 11 is 0. The zero-order valence-electron chi connectivity index (χ0n) is 53.0. The molecule has 5 nitrogen and oxygen atoms in total. The van der Waals surface area contributed by atoms with Gasteiger partial charge in [0.15, 0.2) is 0 Å². The number of aromatic nitrogens is 2. The van der Waals surface area contributed by atoms with E-state index < -0.39 is 5.41 Å². The van der Waals surface area contributed by atoms with Crippen LogP contribution in [0.2, 0.25) is 0 Å². The van der Waals surface area contributed by atoms with Crippen LogP contribution in [0, 0.1) is 18.8 Å². The van der Waals surface area contributed by atoms with Crippen LogP contribution < -0.4 is 14.5 Å². The van der Waals surface area contributed by atoms with Crippen molar-refractivity contribution in [3.63, 3.8) is 0 Å². The Bertz CT molecular complexity index is 4580. The second-order valence-electron chi connectivity index (χ2n) is 28.2. The number of ether oxygens (including phenoxy) is 1. The molecule has 14 rings (SSSR count). The average Bonchev–Trinajstić information content (AvgIpc) is 1.52. The van der Waals surface area contributed by atoms with Gasteiger partial charge in [-0.15, -0.1) is 48.3 Å². The molecule has 1 aliphatic carbocycles. The largest absolute Gasteiger partial charge is 0.509 e. The SMILES string of the molecule is CC(C)(C)c1cc(-c2cc(C(C)(C)C)cc(-c3ccc(-c4ccccc4)cc3)c2N2[CH-]N(c3[c-]c(Oc4[c-]c5c6c(c4)C(c4ccccc4)(c4ccccc4)c4cccc(c46)n5-c4cc(C(C)(C)C)ccn4)ccc3)c3ccccc32)cc(C(C)(C)C)c1.[Pt]. The fourth-order valence-electron chi connectivity index (χ4n) is 13.4. The standard InChI is InChI=1S/C83H75N4O.Pt/c1-79(2,3)60-42-43-84-75(49-60)87-73-37-25-34-69-76(73)77-70(83(69,58-28-18-14-19-29-58)59-30-20-15-21-31-59)51-66(52-74(77)87)88-65-33-24-32-64(50-65)85-53-86(72-36-23-22-35-71(72)85)78-67(56-40-38-55(39-41-56)54-26-16-13-17-27-54)47-63(82(10,11)12)48-68(78)57-44-61(80(4,5)6)46-62(45-57)81(7,8)9;/h13-49,51,53H,1-12H3;/q-3;. The minimum atomic E-state index is -0.656. The van der Waals surface area contributed by atoms with E-state index >= 15 is 0 Å². The van der Waals surface area contributed by atoms with Crippen LogP contribution in [0.5, 0.6) is 11.5 Å². The van der Waals surface area contributed by atoms with Gasteiger partial charge in [0.25, 0.3) is 0 Å². The van der Waals surface area contributed by atoms with Crippen LogP contribution in [0.3, 0.4) is 0 Å². The smallest absolute Gasteiger partial charge is 0.135 e. The van der Waals surface area contributed by atoms with Gasteiger partial charge in [-0.05, 0) is 131 Å². The molecule has 89 heavy (non-hydrogen) atoms. The Hall–Kier alpha value is -8.76. The van der Waals surface area contributed by atoms with E-state index in [0.717, 1.165) is 61.7 Å². The molecule has 0 atom stereocenters. The Morgan fingerprint density at radius 1 is 0.416 bits per heavy atom. The molecule has 0 spiro atoms. The molecule has 2 aromatic heterocycles. The molecule has 0 saturated heterocycles. The quantitative estimate of drug-likeness (QED) is 0.128. The van der Waals surface area contributed by atoms with E-state index in [0.29, 0.717) is 11.5 Å². The molecule has 3 heterocycles. The molecule has 1 aliphatic heterocycles. The van der Waals surface area contributed by atoms with E-state index in [-0.39, 0.29) is 42.7 Å². The number of pyridine rings is 1. The van der Waals surface area contributed by atoms with Crippen molar-refractivity contribution < 1.29 is 25.8 Å².